The number of alkyl halides is 6. The molecule has 47 heavy (non-hydrogen) atoms. The average Bonchev–Trinajstić information content (AvgIpc) is 3.28. The minimum absolute atomic E-state index is 0.0299. The number of rotatable bonds is 13. The lowest BCUT2D eigenvalue weighted by Gasteiger charge is -2.36. The molecule has 0 aromatic heterocycles. The highest BCUT2D eigenvalue weighted by molar-refractivity contribution is 6.07. The van der Waals surface area contributed by atoms with Crippen molar-refractivity contribution in [2.24, 2.45) is 5.92 Å². The van der Waals surface area contributed by atoms with Gasteiger partial charge in [-0.05, 0) is 68.4 Å². The number of carbonyl (C=O) groups excluding carboxylic acids is 2. The van der Waals surface area contributed by atoms with Crippen LogP contribution in [0.15, 0.2) is 35.8 Å². The molecule has 1 saturated heterocycles. The second-order valence-corrected chi connectivity index (χ2v) is 12.3. The van der Waals surface area contributed by atoms with Crippen LogP contribution in [-0.4, -0.2) is 65.7 Å². The lowest BCUT2D eigenvalue weighted by atomic mass is 9.77. The Bertz CT molecular complexity index is 1350. The van der Waals surface area contributed by atoms with Crippen LogP contribution in [0.25, 0.3) is 0 Å². The first-order valence-corrected chi connectivity index (χ1v) is 16.0. The molecule has 0 bridgehead atoms. The van der Waals surface area contributed by atoms with E-state index in [1.807, 2.05) is 13.0 Å². The number of allylic oxidation sites excluding steroid dienone is 2. The Labute approximate surface area is 270 Å². The highest BCUT2D eigenvalue weighted by Gasteiger charge is 2.71. The van der Waals surface area contributed by atoms with Crippen molar-refractivity contribution in [2.75, 3.05) is 19.8 Å². The maximum Gasteiger partial charge on any atom is 0.430 e. The highest BCUT2D eigenvalue weighted by Crippen LogP contribution is 2.51. The van der Waals surface area contributed by atoms with Gasteiger partial charge in [0.1, 0.15) is 30.3 Å². The van der Waals surface area contributed by atoms with Crippen LogP contribution in [0, 0.1) is 5.92 Å². The third kappa shape index (κ3) is 6.80. The van der Waals surface area contributed by atoms with E-state index >= 15 is 0 Å². The second kappa shape index (κ2) is 14.0. The smallest absolute Gasteiger partial charge is 0.430 e. The Morgan fingerprint density at radius 3 is 2.17 bits per heavy atom. The van der Waals surface area contributed by atoms with E-state index in [0.29, 0.717) is 63.3 Å². The van der Waals surface area contributed by atoms with E-state index in [9.17, 15) is 41.0 Å². The molecule has 14 heteroatoms. The zero-order valence-electron chi connectivity index (χ0n) is 26.9. The predicted molar refractivity (Wildman–Crippen MR) is 159 cm³/mol. The minimum Gasteiger partial charge on any atom is -0.493 e. The number of nitrogens with zero attached hydrogens (tertiary/aromatic N) is 1. The van der Waals surface area contributed by atoms with Gasteiger partial charge in [-0.3, -0.25) is 9.69 Å². The number of benzene rings is 1. The van der Waals surface area contributed by atoms with Crippen molar-refractivity contribution in [1.82, 2.24) is 10.2 Å². The molecule has 1 aromatic rings. The van der Waals surface area contributed by atoms with Gasteiger partial charge in [0.2, 0.25) is 0 Å². The molecular formula is C33H42F6N2O6. The van der Waals surface area contributed by atoms with Crippen molar-refractivity contribution in [3.63, 3.8) is 0 Å². The summed E-state index contributed by atoms with van der Waals surface area (Å²) < 4.78 is 99.5. The van der Waals surface area contributed by atoms with E-state index in [4.69, 9.17) is 14.2 Å². The Balaban J connectivity index is 1.48. The number of hydrogen-bond donors (Lipinski definition) is 2. The molecule has 3 amide bonds. The van der Waals surface area contributed by atoms with E-state index in [-0.39, 0.29) is 48.2 Å². The summed E-state index contributed by atoms with van der Waals surface area (Å²) in [6.07, 6.45) is -5.95. The van der Waals surface area contributed by atoms with Gasteiger partial charge in [-0.2, -0.15) is 26.3 Å². The molecule has 4 rings (SSSR count). The molecule has 3 unspecified atom stereocenters. The summed E-state index contributed by atoms with van der Waals surface area (Å²) in [6.45, 7) is 7.87. The molecule has 2 heterocycles. The number of hydrogen-bond acceptors (Lipinski definition) is 6. The first-order valence-electron chi connectivity index (χ1n) is 16.0. The number of imide groups is 1. The SMILES string of the molecule is CCCc1cc(C(O)(C(F)(F)F)C(F)(F)F)cc(CCC)c1OCCCC(C)N1C(=O)NC(CC)(C2C=CC3=C(C2)OCCO3)C1=O. The molecule has 3 atom stereocenters. The highest BCUT2D eigenvalue weighted by atomic mass is 19.4. The van der Waals surface area contributed by atoms with Crippen LogP contribution in [-0.2, 0) is 32.7 Å². The molecule has 1 aliphatic carbocycles. The predicted octanol–water partition coefficient (Wildman–Crippen LogP) is 6.99. The third-order valence-corrected chi connectivity index (χ3v) is 9.09. The average molecular weight is 677 g/mol. The van der Waals surface area contributed by atoms with Crippen LogP contribution in [0.1, 0.15) is 82.9 Å². The van der Waals surface area contributed by atoms with Crippen molar-refractivity contribution in [1.29, 1.82) is 0 Å². The van der Waals surface area contributed by atoms with Crippen molar-refractivity contribution in [3.8, 4) is 5.75 Å². The van der Waals surface area contributed by atoms with Gasteiger partial charge in [0.15, 0.2) is 5.76 Å². The number of carbonyl (C=O) groups is 2. The summed E-state index contributed by atoms with van der Waals surface area (Å²) in [7, 11) is 0. The zero-order chi connectivity index (χ0) is 34.8. The molecule has 0 spiro atoms. The quantitative estimate of drug-likeness (QED) is 0.133. The van der Waals surface area contributed by atoms with Gasteiger partial charge in [-0.15, -0.1) is 0 Å². The lowest BCUT2D eigenvalue weighted by molar-refractivity contribution is -0.376. The molecular weight excluding hydrogens is 634 g/mol. The maximum absolute atomic E-state index is 13.8. The maximum atomic E-state index is 13.8. The summed E-state index contributed by atoms with van der Waals surface area (Å²) in [5.41, 5.74) is -7.26. The van der Waals surface area contributed by atoms with Gasteiger partial charge in [0.25, 0.3) is 11.5 Å². The number of aryl methyl sites for hydroxylation is 2. The molecule has 2 aliphatic heterocycles. The van der Waals surface area contributed by atoms with E-state index < -0.39 is 41.1 Å². The Morgan fingerprint density at radius 1 is 1.02 bits per heavy atom. The first kappa shape index (κ1) is 36.4. The number of ether oxygens (including phenoxy) is 3. The normalized spacial score (nSPS) is 22.5. The van der Waals surface area contributed by atoms with Gasteiger partial charge in [0.05, 0.1) is 6.61 Å². The molecule has 3 aliphatic rings. The number of aliphatic hydroxyl groups is 1. The largest absolute Gasteiger partial charge is 0.493 e. The number of amides is 3. The van der Waals surface area contributed by atoms with Crippen LogP contribution >= 0.6 is 0 Å². The lowest BCUT2D eigenvalue weighted by Crippen LogP contribution is -2.54. The van der Waals surface area contributed by atoms with Crippen molar-refractivity contribution >= 4 is 11.9 Å². The van der Waals surface area contributed by atoms with Crippen LogP contribution < -0.4 is 10.1 Å². The summed E-state index contributed by atoms with van der Waals surface area (Å²) in [6, 6.07) is 0.398. The minimum atomic E-state index is -6.00. The summed E-state index contributed by atoms with van der Waals surface area (Å²) >= 11 is 0. The molecule has 0 radical (unpaired) electrons. The summed E-state index contributed by atoms with van der Waals surface area (Å²) in [5, 5.41) is 13.0. The van der Waals surface area contributed by atoms with Crippen molar-refractivity contribution in [2.45, 2.75) is 109 Å². The monoisotopic (exact) mass is 676 g/mol. The molecule has 1 aromatic carbocycles. The van der Waals surface area contributed by atoms with Gasteiger partial charge in [-0.1, -0.05) is 39.7 Å². The zero-order valence-corrected chi connectivity index (χ0v) is 26.9. The van der Waals surface area contributed by atoms with Crippen molar-refractivity contribution < 1.29 is 55.2 Å². The molecule has 8 nitrogen and oxygen atoms in total. The Hall–Kier alpha value is -3.42. The van der Waals surface area contributed by atoms with Crippen LogP contribution in [0.2, 0.25) is 0 Å². The molecule has 2 N–H and O–H groups in total. The van der Waals surface area contributed by atoms with E-state index in [1.54, 1.807) is 26.8 Å². The van der Waals surface area contributed by atoms with Crippen LogP contribution in [0.5, 0.6) is 5.75 Å². The Kier molecular flexibility index (Phi) is 10.8. The fourth-order valence-corrected chi connectivity index (χ4v) is 6.57. The topological polar surface area (TPSA) is 97.3 Å². The standard InChI is InChI=1S/C33H42F6N2O6/c1-5-9-21-17-24(31(44,32(34,35)36)33(37,38)39)18-22(10-6-2)27(21)47-14-8-11-20(4)41-28(42)30(7-3,40-29(41)43)23-12-13-25-26(19-23)46-16-15-45-25/h12-13,17-18,20,23,44H,5-11,14-16,19H2,1-4H3,(H,40,43). The molecule has 1 fully saturated rings. The first-order chi connectivity index (χ1) is 22.1. The summed E-state index contributed by atoms with van der Waals surface area (Å²) in [4.78, 5) is 28.2. The second-order valence-electron chi connectivity index (χ2n) is 12.3. The third-order valence-electron chi connectivity index (χ3n) is 9.09. The van der Waals surface area contributed by atoms with Gasteiger partial charge < -0.3 is 24.6 Å². The Morgan fingerprint density at radius 2 is 1.62 bits per heavy atom. The molecule has 262 valence electrons. The fourth-order valence-electron chi connectivity index (χ4n) is 6.57. The van der Waals surface area contributed by atoms with Gasteiger partial charge in [0, 0.05) is 23.9 Å². The van der Waals surface area contributed by atoms with Gasteiger partial charge >= 0.3 is 18.4 Å². The summed E-state index contributed by atoms with van der Waals surface area (Å²) in [5.74, 6) is 0.733. The van der Waals surface area contributed by atoms with Crippen LogP contribution in [0.3, 0.4) is 0 Å². The fraction of sp³-hybridized carbons (Fsp3) is 0.636. The van der Waals surface area contributed by atoms with E-state index in [0.717, 1.165) is 12.1 Å². The van der Waals surface area contributed by atoms with E-state index in [2.05, 4.69) is 5.32 Å². The van der Waals surface area contributed by atoms with Crippen LogP contribution in [0.4, 0.5) is 31.1 Å². The molecule has 0 saturated carbocycles. The van der Waals surface area contributed by atoms with Gasteiger partial charge in [-0.25, -0.2) is 4.79 Å². The number of urea groups is 1. The van der Waals surface area contributed by atoms with E-state index in [1.165, 1.54) is 4.90 Å². The number of nitrogens with one attached hydrogen (secondary N) is 1. The van der Waals surface area contributed by atoms with Crippen molar-refractivity contribution in [3.05, 3.63) is 52.5 Å². The number of halogens is 6.